The second-order valence-electron chi connectivity index (χ2n) is 4.36. The van der Waals surface area contributed by atoms with Crippen molar-refractivity contribution in [3.63, 3.8) is 0 Å². The summed E-state index contributed by atoms with van der Waals surface area (Å²) in [5.41, 5.74) is 4.28. The van der Waals surface area contributed by atoms with Crippen LogP contribution in [0.3, 0.4) is 0 Å². The fraction of sp³-hybridized carbons (Fsp3) is 0.500. The molecule has 1 heterocycles. The highest BCUT2D eigenvalue weighted by atomic mass is 79.9. The van der Waals surface area contributed by atoms with Gasteiger partial charge in [-0.3, -0.25) is 5.43 Å². The number of benzene rings is 1. The average Bonchev–Trinajstić information content (AvgIpc) is 2.32. The number of halogens is 2. The molecule has 0 bridgehead atoms. The molecule has 3 nitrogen and oxygen atoms in total. The van der Waals surface area contributed by atoms with Gasteiger partial charge in [-0.15, -0.1) is 0 Å². The molecule has 0 spiro atoms. The molecule has 0 radical (unpaired) electrons. The van der Waals surface area contributed by atoms with Crippen LogP contribution in [-0.2, 0) is 6.54 Å². The van der Waals surface area contributed by atoms with E-state index < -0.39 is 0 Å². The van der Waals surface area contributed by atoms with Crippen LogP contribution in [0.2, 0.25) is 0 Å². The van der Waals surface area contributed by atoms with Crippen molar-refractivity contribution in [2.75, 3.05) is 33.2 Å². The number of nitrogens with zero attached hydrogens (tertiary/aromatic N) is 2. The van der Waals surface area contributed by atoms with E-state index in [0.29, 0.717) is 6.54 Å². The van der Waals surface area contributed by atoms with Gasteiger partial charge in [-0.05, 0) is 30.8 Å². The Labute approximate surface area is 110 Å². The predicted molar refractivity (Wildman–Crippen MR) is 70.0 cm³/mol. The lowest BCUT2D eigenvalue weighted by molar-refractivity contribution is 0.102. The van der Waals surface area contributed by atoms with Gasteiger partial charge in [0, 0.05) is 37.2 Å². The molecule has 0 aromatic heterocycles. The maximum absolute atomic E-state index is 13.1. The molecule has 1 aromatic carbocycles. The summed E-state index contributed by atoms with van der Waals surface area (Å²) in [6.45, 7) is 4.80. The van der Waals surface area contributed by atoms with E-state index in [4.69, 9.17) is 0 Å². The van der Waals surface area contributed by atoms with E-state index in [1.165, 1.54) is 6.07 Å². The minimum atomic E-state index is -0.191. The maximum atomic E-state index is 13.1. The highest BCUT2D eigenvalue weighted by molar-refractivity contribution is 9.10. The predicted octanol–water partition coefficient (Wildman–Crippen LogP) is 1.84. The highest BCUT2D eigenvalue weighted by Crippen LogP contribution is 2.17. The number of hydrogen-bond donors (Lipinski definition) is 1. The van der Waals surface area contributed by atoms with Crippen molar-refractivity contribution in [2.45, 2.75) is 6.54 Å². The van der Waals surface area contributed by atoms with Gasteiger partial charge in [-0.1, -0.05) is 15.9 Å². The zero-order valence-corrected chi connectivity index (χ0v) is 11.5. The number of likely N-dealkylation sites (N-methyl/N-ethyl adjacent to an activating group) is 1. The number of hydrogen-bond acceptors (Lipinski definition) is 3. The third-order valence-corrected chi connectivity index (χ3v) is 3.78. The molecule has 17 heavy (non-hydrogen) atoms. The van der Waals surface area contributed by atoms with Crippen LogP contribution in [0.5, 0.6) is 0 Å². The molecule has 0 saturated carbocycles. The Morgan fingerprint density at radius 2 is 2.00 bits per heavy atom. The van der Waals surface area contributed by atoms with Gasteiger partial charge in [-0.25, -0.2) is 9.40 Å². The molecule has 94 valence electrons. The third-order valence-electron chi connectivity index (χ3n) is 3.00. The standard InChI is InChI=1S/C12H17BrFN3/c1-16-4-6-17(7-5-16)15-9-10-8-11(14)2-3-12(10)13/h2-3,8,15H,4-7,9H2,1H3. The molecule has 2 rings (SSSR count). The van der Waals surface area contributed by atoms with Crippen molar-refractivity contribution in [3.8, 4) is 0 Å². The quantitative estimate of drug-likeness (QED) is 0.919. The summed E-state index contributed by atoms with van der Waals surface area (Å²) in [6.07, 6.45) is 0. The summed E-state index contributed by atoms with van der Waals surface area (Å²) in [4.78, 5) is 2.30. The SMILES string of the molecule is CN1CCN(NCc2cc(F)ccc2Br)CC1. The van der Waals surface area contributed by atoms with Crippen LogP contribution in [0, 0.1) is 5.82 Å². The summed E-state index contributed by atoms with van der Waals surface area (Å²) in [7, 11) is 2.13. The van der Waals surface area contributed by atoms with Crippen LogP contribution < -0.4 is 5.43 Å². The van der Waals surface area contributed by atoms with Gasteiger partial charge < -0.3 is 4.90 Å². The zero-order chi connectivity index (χ0) is 12.3. The van der Waals surface area contributed by atoms with Crippen molar-refractivity contribution in [1.82, 2.24) is 15.3 Å². The van der Waals surface area contributed by atoms with E-state index in [0.717, 1.165) is 36.2 Å². The zero-order valence-electron chi connectivity index (χ0n) is 9.92. The summed E-state index contributed by atoms with van der Waals surface area (Å²) in [5, 5.41) is 2.19. The number of hydrazine groups is 1. The van der Waals surface area contributed by atoms with Crippen molar-refractivity contribution in [2.24, 2.45) is 0 Å². The van der Waals surface area contributed by atoms with Crippen molar-refractivity contribution in [1.29, 1.82) is 0 Å². The number of nitrogens with one attached hydrogen (secondary N) is 1. The first-order valence-corrected chi connectivity index (χ1v) is 6.55. The maximum Gasteiger partial charge on any atom is 0.123 e. The molecule has 1 aliphatic rings. The first-order valence-electron chi connectivity index (χ1n) is 5.76. The fourth-order valence-corrected chi connectivity index (χ4v) is 2.23. The van der Waals surface area contributed by atoms with Crippen LogP contribution >= 0.6 is 15.9 Å². The lowest BCUT2D eigenvalue weighted by atomic mass is 10.2. The first-order chi connectivity index (χ1) is 8.15. The summed E-state index contributed by atoms with van der Waals surface area (Å²) < 4.78 is 14.0. The Morgan fingerprint density at radius 1 is 1.29 bits per heavy atom. The largest absolute Gasteiger partial charge is 0.304 e. The van der Waals surface area contributed by atoms with Gasteiger partial charge in [0.2, 0.25) is 0 Å². The smallest absolute Gasteiger partial charge is 0.123 e. The van der Waals surface area contributed by atoms with E-state index in [1.807, 2.05) is 0 Å². The average molecular weight is 302 g/mol. The summed E-state index contributed by atoms with van der Waals surface area (Å²) in [5.74, 6) is -0.191. The van der Waals surface area contributed by atoms with Gasteiger partial charge in [0.25, 0.3) is 0 Å². The van der Waals surface area contributed by atoms with Gasteiger partial charge in [-0.2, -0.15) is 0 Å². The molecular weight excluding hydrogens is 285 g/mol. The van der Waals surface area contributed by atoms with Crippen molar-refractivity contribution >= 4 is 15.9 Å². The Kier molecular flexibility index (Phi) is 4.50. The summed E-state index contributed by atoms with van der Waals surface area (Å²) >= 11 is 3.43. The second-order valence-corrected chi connectivity index (χ2v) is 5.22. The molecule has 1 N–H and O–H groups in total. The fourth-order valence-electron chi connectivity index (χ4n) is 1.84. The molecule has 0 aliphatic carbocycles. The molecule has 1 aliphatic heterocycles. The van der Waals surface area contributed by atoms with Crippen LogP contribution in [-0.4, -0.2) is 43.1 Å². The van der Waals surface area contributed by atoms with E-state index in [-0.39, 0.29) is 5.82 Å². The lowest BCUT2D eigenvalue weighted by Crippen LogP contribution is -2.50. The van der Waals surface area contributed by atoms with E-state index >= 15 is 0 Å². The van der Waals surface area contributed by atoms with Gasteiger partial charge in [0.15, 0.2) is 0 Å². The molecule has 0 unspecified atom stereocenters. The molecule has 0 amide bonds. The minimum Gasteiger partial charge on any atom is -0.304 e. The number of piperazine rings is 1. The van der Waals surface area contributed by atoms with Crippen LogP contribution in [0.15, 0.2) is 22.7 Å². The molecule has 1 aromatic rings. The van der Waals surface area contributed by atoms with Gasteiger partial charge >= 0.3 is 0 Å². The van der Waals surface area contributed by atoms with Crippen LogP contribution in [0.1, 0.15) is 5.56 Å². The Morgan fingerprint density at radius 3 is 2.71 bits per heavy atom. The van der Waals surface area contributed by atoms with Gasteiger partial charge in [0.1, 0.15) is 5.82 Å². The molecule has 1 saturated heterocycles. The van der Waals surface area contributed by atoms with Crippen LogP contribution in [0.25, 0.3) is 0 Å². The Bertz CT molecular complexity index is 378. The van der Waals surface area contributed by atoms with Crippen molar-refractivity contribution in [3.05, 3.63) is 34.1 Å². The highest BCUT2D eigenvalue weighted by Gasteiger charge is 2.13. The number of rotatable bonds is 3. The minimum absolute atomic E-state index is 0.191. The Hall–Kier alpha value is -0.490. The van der Waals surface area contributed by atoms with E-state index in [1.54, 1.807) is 12.1 Å². The molecular formula is C12H17BrFN3. The molecule has 1 fully saturated rings. The van der Waals surface area contributed by atoms with Gasteiger partial charge in [0.05, 0.1) is 0 Å². The Balaban J connectivity index is 1.87. The molecule has 5 heteroatoms. The monoisotopic (exact) mass is 301 g/mol. The molecule has 0 atom stereocenters. The lowest BCUT2D eigenvalue weighted by Gasteiger charge is -2.32. The topological polar surface area (TPSA) is 18.5 Å². The first kappa shape index (κ1) is 13.0. The van der Waals surface area contributed by atoms with E-state index in [9.17, 15) is 4.39 Å². The van der Waals surface area contributed by atoms with Crippen molar-refractivity contribution < 1.29 is 4.39 Å². The normalized spacial score (nSPS) is 18.5. The van der Waals surface area contributed by atoms with Crippen LogP contribution in [0.4, 0.5) is 4.39 Å². The third kappa shape index (κ3) is 3.74. The second kappa shape index (κ2) is 5.91. The summed E-state index contributed by atoms with van der Waals surface area (Å²) in [6, 6.07) is 4.77. The van der Waals surface area contributed by atoms with E-state index in [2.05, 4.69) is 38.3 Å².